The van der Waals surface area contributed by atoms with Gasteiger partial charge in [0.25, 0.3) is 5.69 Å². The fraction of sp³-hybridized carbons (Fsp3) is 0.250. The van der Waals surface area contributed by atoms with Crippen molar-refractivity contribution in [1.82, 2.24) is 10.3 Å². The molecule has 1 N–H and O–H groups in total. The van der Waals surface area contributed by atoms with Crippen molar-refractivity contribution < 1.29 is 9.34 Å². The maximum Gasteiger partial charge on any atom is 0.280 e. The van der Waals surface area contributed by atoms with E-state index in [4.69, 9.17) is 4.42 Å². The van der Waals surface area contributed by atoms with E-state index in [-0.39, 0.29) is 5.69 Å². The molecule has 0 amide bonds. The molecule has 0 radical (unpaired) electrons. The summed E-state index contributed by atoms with van der Waals surface area (Å²) in [5, 5.41) is 13.9. The third kappa shape index (κ3) is 2.38. The highest BCUT2D eigenvalue weighted by Gasteiger charge is 2.18. The van der Waals surface area contributed by atoms with Crippen LogP contribution in [0.4, 0.5) is 5.69 Å². The van der Waals surface area contributed by atoms with Gasteiger partial charge in [0.05, 0.1) is 23.2 Å². The standard InChI is InChI=1S/C12H13N3O3/c1-8-3-4-10(15(16)17)9(5-8)11-6-14-12(18-11)7-13-2/h3-6,13H,7H2,1-2H3. The zero-order valence-corrected chi connectivity index (χ0v) is 10.1. The van der Waals surface area contributed by atoms with Gasteiger partial charge in [-0.1, -0.05) is 6.07 Å². The van der Waals surface area contributed by atoms with Gasteiger partial charge in [0.1, 0.15) is 0 Å². The summed E-state index contributed by atoms with van der Waals surface area (Å²) in [6.07, 6.45) is 1.51. The molecule has 1 aromatic carbocycles. The van der Waals surface area contributed by atoms with E-state index in [1.54, 1.807) is 19.2 Å². The summed E-state index contributed by atoms with van der Waals surface area (Å²) in [4.78, 5) is 14.6. The molecule has 0 saturated carbocycles. The summed E-state index contributed by atoms with van der Waals surface area (Å²) < 4.78 is 5.48. The maximum atomic E-state index is 11.0. The van der Waals surface area contributed by atoms with Crippen LogP contribution in [0.5, 0.6) is 0 Å². The average Bonchev–Trinajstić information content (AvgIpc) is 2.77. The van der Waals surface area contributed by atoms with Gasteiger partial charge in [0.15, 0.2) is 5.76 Å². The Kier molecular flexibility index (Phi) is 3.38. The molecule has 0 unspecified atom stereocenters. The number of nitrogens with zero attached hydrogens (tertiary/aromatic N) is 2. The van der Waals surface area contributed by atoms with E-state index in [1.165, 1.54) is 12.3 Å². The SMILES string of the molecule is CNCc1ncc(-c2cc(C)ccc2[N+](=O)[O-])o1. The molecular weight excluding hydrogens is 234 g/mol. The number of rotatable bonds is 4. The van der Waals surface area contributed by atoms with Crippen molar-refractivity contribution in [2.75, 3.05) is 7.05 Å². The maximum absolute atomic E-state index is 11.0. The number of nitro groups is 1. The Hall–Kier alpha value is -2.21. The number of hydrogen-bond donors (Lipinski definition) is 1. The largest absolute Gasteiger partial charge is 0.439 e. The van der Waals surface area contributed by atoms with Gasteiger partial charge >= 0.3 is 0 Å². The second-order valence-electron chi connectivity index (χ2n) is 3.93. The van der Waals surface area contributed by atoms with Gasteiger partial charge in [-0.25, -0.2) is 4.98 Å². The van der Waals surface area contributed by atoms with E-state index >= 15 is 0 Å². The van der Waals surface area contributed by atoms with Gasteiger partial charge in [-0.05, 0) is 25.6 Å². The first kappa shape index (κ1) is 12.3. The van der Waals surface area contributed by atoms with Crippen molar-refractivity contribution in [1.29, 1.82) is 0 Å². The van der Waals surface area contributed by atoms with Crippen LogP contribution in [-0.4, -0.2) is 17.0 Å². The van der Waals surface area contributed by atoms with Gasteiger partial charge in [0.2, 0.25) is 5.89 Å². The number of benzene rings is 1. The fourth-order valence-electron chi connectivity index (χ4n) is 1.67. The molecule has 0 aliphatic heterocycles. The van der Waals surface area contributed by atoms with E-state index < -0.39 is 4.92 Å². The highest BCUT2D eigenvalue weighted by Crippen LogP contribution is 2.31. The third-order valence-electron chi connectivity index (χ3n) is 2.50. The smallest absolute Gasteiger partial charge is 0.280 e. The van der Waals surface area contributed by atoms with Crippen LogP contribution < -0.4 is 5.32 Å². The lowest BCUT2D eigenvalue weighted by Gasteiger charge is -2.00. The summed E-state index contributed by atoms with van der Waals surface area (Å²) in [6.45, 7) is 2.36. The summed E-state index contributed by atoms with van der Waals surface area (Å²) in [5.74, 6) is 0.916. The predicted molar refractivity (Wildman–Crippen MR) is 66.1 cm³/mol. The van der Waals surface area contributed by atoms with Crippen LogP contribution in [0.15, 0.2) is 28.8 Å². The quantitative estimate of drug-likeness (QED) is 0.662. The predicted octanol–water partition coefficient (Wildman–Crippen LogP) is 2.28. The first-order valence-electron chi connectivity index (χ1n) is 5.46. The van der Waals surface area contributed by atoms with Crippen LogP contribution in [0.25, 0.3) is 11.3 Å². The first-order valence-corrected chi connectivity index (χ1v) is 5.46. The van der Waals surface area contributed by atoms with Gasteiger partial charge < -0.3 is 9.73 Å². The van der Waals surface area contributed by atoms with Crippen molar-refractivity contribution >= 4 is 5.69 Å². The van der Waals surface area contributed by atoms with Gasteiger partial charge in [-0.2, -0.15) is 0 Å². The highest BCUT2D eigenvalue weighted by molar-refractivity contribution is 5.69. The normalized spacial score (nSPS) is 10.6. The Bertz CT molecular complexity index is 578. The molecule has 2 rings (SSSR count). The van der Waals surface area contributed by atoms with Crippen molar-refractivity contribution in [2.24, 2.45) is 0 Å². The van der Waals surface area contributed by atoms with E-state index in [9.17, 15) is 10.1 Å². The molecule has 0 atom stereocenters. The molecule has 6 nitrogen and oxygen atoms in total. The number of aryl methyl sites for hydroxylation is 1. The first-order chi connectivity index (χ1) is 8.61. The van der Waals surface area contributed by atoms with Crippen LogP contribution in [0.3, 0.4) is 0 Å². The van der Waals surface area contributed by atoms with Gasteiger partial charge in [-0.15, -0.1) is 0 Å². The molecule has 0 saturated heterocycles. The molecule has 0 fully saturated rings. The van der Waals surface area contributed by atoms with E-state index in [0.717, 1.165) is 5.56 Å². The lowest BCUT2D eigenvalue weighted by molar-refractivity contribution is -0.384. The molecule has 94 valence electrons. The topological polar surface area (TPSA) is 81.2 Å². The average molecular weight is 247 g/mol. The lowest BCUT2D eigenvalue weighted by Crippen LogP contribution is -2.04. The summed E-state index contributed by atoms with van der Waals surface area (Å²) in [5.41, 5.74) is 1.41. The molecule has 0 aliphatic carbocycles. The van der Waals surface area contributed by atoms with Crippen molar-refractivity contribution in [3.8, 4) is 11.3 Å². The summed E-state index contributed by atoms with van der Waals surface area (Å²) in [6, 6.07) is 4.90. The molecule has 0 spiro atoms. The minimum absolute atomic E-state index is 0.0211. The van der Waals surface area contributed by atoms with Crippen LogP contribution >= 0.6 is 0 Å². The monoisotopic (exact) mass is 247 g/mol. The molecule has 0 aliphatic rings. The minimum atomic E-state index is -0.422. The molecule has 0 bridgehead atoms. The second kappa shape index (κ2) is 4.97. The number of nitrogens with one attached hydrogen (secondary N) is 1. The zero-order valence-electron chi connectivity index (χ0n) is 10.1. The highest BCUT2D eigenvalue weighted by atomic mass is 16.6. The molecule has 18 heavy (non-hydrogen) atoms. The molecule has 1 aromatic heterocycles. The van der Waals surface area contributed by atoms with E-state index in [2.05, 4.69) is 10.3 Å². The van der Waals surface area contributed by atoms with Crippen LogP contribution in [-0.2, 0) is 6.54 Å². The van der Waals surface area contributed by atoms with Gasteiger partial charge in [0, 0.05) is 6.07 Å². The number of nitro benzene ring substituents is 1. The Morgan fingerprint density at radius 2 is 2.28 bits per heavy atom. The number of aromatic nitrogens is 1. The Balaban J connectivity index is 2.47. The van der Waals surface area contributed by atoms with Crippen molar-refractivity contribution in [3.63, 3.8) is 0 Å². The Labute approximate surface area is 104 Å². The Morgan fingerprint density at radius 1 is 1.50 bits per heavy atom. The van der Waals surface area contributed by atoms with Gasteiger partial charge in [-0.3, -0.25) is 10.1 Å². The lowest BCUT2D eigenvalue weighted by atomic mass is 10.1. The second-order valence-corrected chi connectivity index (χ2v) is 3.93. The molecule has 2 aromatic rings. The summed E-state index contributed by atoms with van der Waals surface area (Å²) >= 11 is 0. The minimum Gasteiger partial charge on any atom is -0.439 e. The van der Waals surface area contributed by atoms with E-state index in [0.29, 0.717) is 23.8 Å². The summed E-state index contributed by atoms with van der Waals surface area (Å²) in [7, 11) is 1.78. The molecule has 1 heterocycles. The number of hydrogen-bond acceptors (Lipinski definition) is 5. The van der Waals surface area contributed by atoms with Crippen LogP contribution in [0, 0.1) is 17.0 Å². The molecule has 6 heteroatoms. The van der Waals surface area contributed by atoms with Crippen molar-refractivity contribution in [3.05, 3.63) is 46.0 Å². The molecular formula is C12H13N3O3. The zero-order chi connectivity index (χ0) is 13.1. The van der Waals surface area contributed by atoms with Crippen LogP contribution in [0.1, 0.15) is 11.5 Å². The number of oxazole rings is 1. The third-order valence-corrected chi connectivity index (χ3v) is 2.50. The fourth-order valence-corrected chi connectivity index (χ4v) is 1.67. The van der Waals surface area contributed by atoms with Crippen LogP contribution in [0.2, 0.25) is 0 Å². The van der Waals surface area contributed by atoms with Crippen molar-refractivity contribution in [2.45, 2.75) is 13.5 Å². The van der Waals surface area contributed by atoms with E-state index in [1.807, 2.05) is 6.92 Å². The Morgan fingerprint density at radius 3 is 2.94 bits per heavy atom.